The summed E-state index contributed by atoms with van der Waals surface area (Å²) in [5.41, 5.74) is 1.12. The third kappa shape index (κ3) is 3.83. The second-order valence-corrected chi connectivity index (χ2v) is 4.69. The van der Waals surface area contributed by atoms with Crippen molar-refractivity contribution in [1.82, 2.24) is 9.97 Å². The molecule has 0 aliphatic rings. The van der Waals surface area contributed by atoms with Crippen LogP contribution in [0.4, 0.5) is 22.1 Å². The largest absolute Gasteiger partial charge is 0.347 e. The molecule has 20 heavy (non-hydrogen) atoms. The van der Waals surface area contributed by atoms with Crippen LogP contribution in [0.25, 0.3) is 0 Å². The number of benzene rings is 1. The number of carbonyl (C=O) groups excluding carboxylic acids is 1. The number of halogens is 1. The van der Waals surface area contributed by atoms with Crippen LogP contribution in [0.3, 0.4) is 0 Å². The lowest BCUT2D eigenvalue weighted by molar-refractivity contribution is 0.262. The number of nitrogens with zero attached hydrogens (tertiary/aromatic N) is 3. The summed E-state index contributed by atoms with van der Waals surface area (Å²) in [5.74, 6) is 0.575. The molecule has 6 nitrogen and oxygen atoms in total. The number of amides is 2. The summed E-state index contributed by atoms with van der Waals surface area (Å²) in [5, 5.41) is 5.86. The van der Waals surface area contributed by atoms with E-state index in [0.717, 1.165) is 0 Å². The SMILES string of the molecule is CN(C)c1ncc(NC(=O)Nc2cccc(Cl)c2)cn1. The average molecular weight is 292 g/mol. The number of nitrogens with one attached hydrogen (secondary N) is 2. The van der Waals surface area contributed by atoms with E-state index in [4.69, 9.17) is 11.6 Å². The van der Waals surface area contributed by atoms with Crippen LogP contribution in [0.5, 0.6) is 0 Å². The summed E-state index contributed by atoms with van der Waals surface area (Å²) in [6.45, 7) is 0. The maximum Gasteiger partial charge on any atom is 0.323 e. The van der Waals surface area contributed by atoms with Crippen molar-refractivity contribution in [2.75, 3.05) is 29.6 Å². The van der Waals surface area contributed by atoms with Gasteiger partial charge >= 0.3 is 6.03 Å². The molecule has 0 atom stereocenters. The zero-order valence-electron chi connectivity index (χ0n) is 11.1. The maximum atomic E-state index is 11.8. The van der Waals surface area contributed by atoms with Crippen LogP contribution in [-0.2, 0) is 0 Å². The van der Waals surface area contributed by atoms with Crippen molar-refractivity contribution in [3.63, 3.8) is 0 Å². The van der Waals surface area contributed by atoms with Crippen molar-refractivity contribution >= 4 is 35.0 Å². The fourth-order valence-electron chi connectivity index (χ4n) is 1.48. The van der Waals surface area contributed by atoms with Crippen molar-refractivity contribution in [1.29, 1.82) is 0 Å². The van der Waals surface area contributed by atoms with E-state index in [9.17, 15) is 4.79 Å². The summed E-state index contributed by atoms with van der Waals surface area (Å²) in [4.78, 5) is 21.8. The first kappa shape index (κ1) is 14.1. The summed E-state index contributed by atoms with van der Waals surface area (Å²) in [6.07, 6.45) is 3.08. The molecule has 104 valence electrons. The molecule has 2 aromatic rings. The predicted octanol–water partition coefficient (Wildman–Crippen LogP) is 2.84. The topological polar surface area (TPSA) is 70.2 Å². The van der Waals surface area contributed by atoms with Gasteiger partial charge in [-0.25, -0.2) is 14.8 Å². The third-order valence-electron chi connectivity index (χ3n) is 2.38. The monoisotopic (exact) mass is 291 g/mol. The Morgan fingerprint density at radius 2 is 1.80 bits per heavy atom. The Kier molecular flexibility index (Phi) is 4.37. The van der Waals surface area contributed by atoms with Gasteiger partial charge in [-0.15, -0.1) is 0 Å². The molecule has 0 fully saturated rings. The molecular weight excluding hydrogens is 278 g/mol. The average Bonchev–Trinajstić information content (AvgIpc) is 2.39. The first-order valence-electron chi connectivity index (χ1n) is 5.87. The van der Waals surface area contributed by atoms with Crippen LogP contribution in [0, 0.1) is 0 Å². The first-order valence-corrected chi connectivity index (χ1v) is 6.25. The fourth-order valence-corrected chi connectivity index (χ4v) is 1.67. The molecule has 0 aliphatic carbocycles. The molecular formula is C13H14ClN5O. The van der Waals surface area contributed by atoms with E-state index in [2.05, 4.69) is 20.6 Å². The van der Waals surface area contributed by atoms with Gasteiger partial charge in [0.25, 0.3) is 0 Å². The van der Waals surface area contributed by atoms with E-state index < -0.39 is 0 Å². The minimum Gasteiger partial charge on any atom is -0.347 e. The van der Waals surface area contributed by atoms with Crippen molar-refractivity contribution in [3.8, 4) is 0 Å². The summed E-state index contributed by atoms with van der Waals surface area (Å²) >= 11 is 5.84. The second-order valence-electron chi connectivity index (χ2n) is 4.26. The van der Waals surface area contributed by atoms with Gasteiger partial charge in [0.1, 0.15) is 0 Å². The molecule has 0 radical (unpaired) electrons. The van der Waals surface area contributed by atoms with E-state index in [1.165, 1.54) is 0 Å². The molecule has 0 bridgehead atoms. The van der Waals surface area contributed by atoms with Gasteiger partial charge in [-0.2, -0.15) is 0 Å². The minimum absolute atomic E-state index is 0.381. The minimum atomic E-state index is -0.381. The number of carbonyl (C=O) groups is 1. The molecule has 0 aliphatic heterocycles. The summed E-state index contributed by atoms with van der Waals surface area (Å²) in [6, 6.07) is 6.52. The normalized spacial score (nSPS) is 9.95. The lowest BCUT2D eigenvalue weighted by Crippen LogP contribution is -2.20. The van der Waals surface area contributed by atoms with Gasteiger partial charge in [-0.1, -0.05) is 17.7 Å². The molecule has 1 aromatic carbocycles. The number of urea groups is 1. The van der Waals surface area contributed by atoms with E-state index >= 15 is 0 Å². The standard InChI is InChI=1S/C13H14ClN5O/c1-19(2)12-15-7-11(8-16-12)18-13(20)17-10-5-3-4-9(14)6-10/h3-8H,1-2H3,(H2,17,18,20). The number of hydrogen-bond donors (Lipinski definition) is 2. The van der Waals surface area contributed by atoms with Crippen LogP contribution in [0.2, 0.25) is 5.02 Å². The molecule has 0 saturated carbocycles. The Bertz CT molecular complexity index is 600. The number of aromatic nitrogens is 2. The van der Waals surface area contributed by atoms with Crippen LogP contribution in [0.1, 0.15) is 0 Å². The van der Waals surface area contributed by atoms with Crippen molar-refractivity contribution < 1.29 is 4.79 Å². The Morgan fingerprint density at radius 1 is 1.15 bits per heavy atom. The van der Waals surface area contributed by atoms with Gasteiger partial charge in [0.15, 0.2) is 0 Å². The number of anilines is 3. The van der Waals surface area contributed by atoms with Gasteiger partial charge in [0, 0.05) is 24.8 Å². The zero-order valence-corrected chi connectivity index (χ0v) is 11.8. The lowest BCUT2D eigenvalue weighted by atomic mass is 10.3. The van der Waals surface area contributed by atoms with Gasteiger partial charge in [0.2, 0.25) is 5.95 Å². The van der Waals surface area contributed by atoms with E-state index in [-0.39, 0.29) is 6.03 Å². The Hall–Kier alpha value is -2.34. The van der Waals surface area contributed by atoms with E-state index in [1.54, 1.807) is 41.6 Å². The molecule has 0 unspecified atom stereocenters. The molecule has 1 aromatic heterocycles. The molecule has 0 saturated heterocycles. The molecule has 2 N–H and O–H groups in total. The van der Waals surface area contributed by atoms with Crippen LogP contribution in [0.15, 0.2) is 36.7 Å². The highest BCUT2D eigenvalue weighted by molar-refractivity contribution is 6.30. The number of rotatable bonds is 3. The predicted molar refractivity (Wildman–Crippen MR) is 80.5 cm³/mol. The van der Waals surface area contributed by atoms with Crippen molar-refractivity contribution in [2.24, 2.45) is 0 Å². The summed E-state index contributed by atoms with van der Waals surface area (Å²) < 4.78 is 0. The lowest BCUT2D eigenvalue weighted by Gasteiger charge is -2.11. The molecule has 7 heteroatoms. The number of hydrogen-bond acceptors (Lipinski definition) is 4. The van der Waals surface area contributed by atoms with Gasteiger partial charge < -0.3 is 15.5 Å². The smallest absolute Gasteiger partial charge is 0.323 e. The molecule has 0 spiro atoms. The highest BCUT2D eigenvalue weighted by Gasteiger charge is 2.05. The van der Waals surface area contributed by atoms with Crippen LogP contribution in [-0.4, -0.2) is 30.1 Å². The Morgan fingerprint density at radius 3 is 2.40 bits per heavy atom. The highest BCUT2D eigenvalue weighted by atomic mass is 35.5. The van der Waals surface area contributed by atoms with Crippen LogP contribution >= 0.6 is 11.6 Å². The zero-order chi connectivity index (χ0) is 14.5. The van der Waals surface area contributed by atoms with Crippen molar-refractivity contribution in [2.45, 2.75) is 0 Å². The third-order valence-corrected chi connectivity index (χ3v) is 2.61. The molecule has 1 heterocycles. The van der Waals surface area contributed by atoms with Crippen molar-refractivity contribution in [3.05, 3.63) is 41.7 Å². The van der Waals surface area contributed by atoms with Gasteiger partial charge in [0.05, 0.1) is 18.1 Å². The highest BCUT2D eigenvalue weighted by Crippen LogP contribution is 2.15. The summed E-state index contributed by atoms with van der Waals surface area (Å²) in [7, 11) is 3.68. The fraction of sp³-hybridized carbons (Fsp3) is 0.154. The first-order chi connectivity index (χ1) is 9.54. The van der Waals surface area contributed by atoms with Gasteiger partial charge in [-0.3, -0.25) is 0 Å². The molecule has 2 rings (SSSR count). The van der Waals surface area contributed by atoms with Crippen LogP contribution < -0.4 is 15.5 Å². The maximum absolute atomic E-state index is 11.8. The second kappa shape index (κ2) is 6.21. The Balaban J connectivity index is 1.97. The van der Waals surface area contributed by atoms with Gasteiger partial charge in [-0.05, 0) is 18.2 Å². The molecule has 2 amide bonds. The van der Waals surface area contributed by atoms with E-state index in [0.29, 0.717) is 22.3 Å². The quantitative estimate of drug-likeness (QED) is 0.912. The van der Waals surface area contributed by atoms with E-state index in [1.807, 2.05) is 14.1 Å². The Labute approximate surface area is 121 Å².